The van der Waals surface area contributed by atoms with Gasteiger partial charge in [0.05, 0.1) is 0 Å². The molecule has 1 aromatic carbocycles. The largest absolute Gasteiger partial charge is 0.396 e. The number of rotatable bonds is 6. The normalized spacial score (nSPS) is 18.9. The monoisotopic (exact) mass is 446 g/mol. The Bertz CT molecular complexity index is 506. The van der Waals surface area contributed by atoms with Gasteiger partial charge in [0.25, 0.3) is 0 Å². The van der Waals surface area contributed by atoms with Gasteiger partial charge >= 0.3 is 0 Å². The summed E-state index contributed by atoms with van der Waals surface area (Å²) in [6.07, 6.45) is 1.11. The minimum atomic E-state index is 0. The molecular weight excluding hydrogens is 415 g/mol. The summed E-state index contributed by atoms with van der Waals surface area (Å²) in [5.41, 5.74) is 2.58. The van der Waals surface area contributed by atoms with Gasteiger partial charge in [-0.1, -0.05) is 24.6 Å². The summed E-state index contributed by atoms with van der Waals surface area (Å²) in [4.78, 5) is 6.99. The van der Waals surface area contributed by atoms with Crippen LogP contribution in [0.1, 0.15) is 25.8 Å². The van der Waals surface area contributed by atoms with Crippen LogP contribution in [0.25, 0.3) is 0 Å². The number of nitrogens with one attached hydrogen (secondary N) is 2. The maximum atomic E-state index is 9.13. The first-order chi connectivity index (χ1) is 11.1. The van der Waals surface area contributed by atoms with Crippen LogP contribution in [0.5, 0.6) is 0 Å². The Morgan fingerprint density at radius 3 is 2.71 bits per heavy atom. The molecule has 2 atom stereocenters. The molecule has 1 aliphatic heterocycles. The van der Waals surface area contributed by atoms with Crippen molar-refractivity contribution in [3.8, 4) is 0 Å². The zero-order valence-corrected chi connectivity index (χ0v) is 17.3. The zero-order valence-electron chi connectivity index (χ0n) is 15.0. The number of aryl methyl sites for hydroxylation is 1. The van der Waals surface area contributed by atoms with E-state index in [4.69, 9.17) is 5.11 Å². The minimum absolute atomic E-state index is 0. The molecule has 1 saturated heterocycles. The third-order valence-corrected chi connectivity index (χ3v) is 4.15. The third-order valence-electron chi connectivity index (χ3n) is 4.15. The highest BCUT2D eigenvalue weighted by Crippen LogP contribution is 2.20. The topological polar surface area (TPSA) is 59.9 Å². The van der Waals surface area contributed by atoms with Gasteiger partial charge in [-0.3, -0.25) is 4.99 Å². The van der Waals surface area contributed by atoms with E-state index < -0.39 is 0 Å². The van der Waals surface area contributed by atoms with Crippen LogP contribution in [-0.4, -0.2) is 49.9 Å². The fraction of sp³-hybridized carbons (Fsp3) is 0.611. The Kier molecular flexibility index (Phi) is 9.43. The van der Waals surface area contributed by atoms with Gasteiger partial charge in [-0.15, -0.1) is 24.0 Å². The molecular formula is C18H31IN4O. The highest BCUT2D eigenvalue weighted by Gasteiger charge is 2.23. The van der Waals surface area contributed by atoms with Crippen LogP contribution in [0, 0.1) is 12.8 Å². The van der Waals surface area contributed by atoms with E-state index in [1.54, 1.807) is 0 Å². The van der Waals surface area contributed by atoms with Gasteiger partial charge in [-0.25, -0.2) is 0 Å². The van der Waals surface area contributed by atoms with Crippen molar-refractivity contribution >= 4 is 35.6 Å². The number of hydrogen-bond donors (Lipinski definition) is 3. The first kappa shape index (κ1) is 21.0. The number of aliphatic hydroxyl groups excluding tert-OH is 1. The lowest BCUT2D eigenvalue weighted by Crippen LogP contribution is -2.44. The van der Waals surface area contributed by atoms with Crippen LogP contribution >= 0.6 is 24.0 Å². The molecule has 1 fully saturated rings. The Labute approximate surface area is 162 Å². The lowest BCUT2D eigenvalue weighted by Gasteiger charge is -2.20. The predicted octanol–water partition coefficient (Wildman–Crippen LogP) is 2.38. The molecule has 0 saturated carbocycles. The van der Waals surface area contributed by atoms with Crippen molar-refractivity contribution < 1.29 is 5.11 Å². The molecule has 1 heterocycles. The molecule has 0 bridgehead atoms. The van der Waals surface area contributed by atoms with Gasteiger partial charge in [0.1, 0.15) is 0 Å². The number of halogens is 1. The number of nitrogens with zero attached hydrogens (tertiary/aromatic N) is 2. The molecule has 0 aliphatic carbocycles. The quantitative estimate of drug-likeness (QED) is 0.357. The van der Waals surface area contributed by atoms with Gasteiger partial charge in [0.2, 0.25) is 0 Å². The molecule has 0 amide bonds. The molecule has 0 radical (unpaired) electrons. The van der Waals surface area contributed by atoms with E-state index >= 15 is 0 Å². The van der Waals surface area contributed by atoms with Crippen LogP contribution in [-0.2, 0) is 0 Å². The average molecular weight is 446 g/mol. The fourth-order valence-corrected chi connectivity index (χ4v) is 2.69. The van der Waals surface area contributed by atoms with E-state index in [9.17, 15) is 0 Å². The summed E-state index contributed by atoms with van der Waals surface area (Å²) in [6.45, 7) is 9.89. The lowest BCUT2D eigenvalue weighted by atomic mass is 10.2. The van der Waals surface area contributed by atoms with Crippen molar-refractivity contribution in [1.82, 2.24) is 10.6 Å². The van der Waals surface area contributed by atoms with Gasteiger partial charge in [-0.2, -0.15) is 0 Å². The number of aliphatic imine (C=N–C) groups is 1. The highest BCUT2D eigenvalue weighted by atomic mass is 127. The first-order valence-corrected chi connectivity index (χ1v) is 8.59. The molecule has 3 N–H and O–H groups in total. The molecule has 6 heteroatoms. The van der Waals surface area contributed by atoms with Crippen LogP contribution in [0.4, 0.5) is 5.69 Å². The van der Waals surface area contributed by atoms with E-state index in [1.165, 1.54) is 11.3 Å². The molecule has 2 rings (SSSR count). The summed E-state index contributed by atoms with van der Waals surface area (Å²) in [5.74, 6) is 1.04. The first-order valence-electron chi connectivity index (χ1n) is 8.59. The number of anilines is 1. The maximum Gasteiger partial charge on any atom is 0.191 e. The maximum absolute atomic E-state index is 9.13. The Morgan fingerprint density at radius 1 is 1.38 bits per heavy atom. The van der Waals surface area contributed by atoms with Crippen molar-refractivity contribution in [3.05, 3.63) is 29.8 Å². The molecule has 1 aromatic rings. The molecule has 2 unspecified atom stereocenters. The van der Waals surface area contributed by atoms with Crippen molar-refractivity contribution in [3.63, 3.8) is 0 Å². The van der Waals surface area contributed by atoms with Gasteiger partial charge < -0.3 is 20.6 Å². The van der Waals surface area contributed by atoms with E-state index in [-0.39, 0.29) is 36.5 Å². The average Bonchev–Trinajstić information content (AvgIpc) is 3.01. The summed E-state index contributed by atoms with van der Waals surface area (Å²) in [6, 6.07) is 9.12. The predicted molar refractivity (Wildman–Crippen MR) is 113 cm³/mol. The smallest absolute Gasteiger partial charge is 0.191 e. The second-order valence-electron chi connectivity index (χ2n) is 6.42. The number of aliphatic hydroxyl groups is 1. The van der Waals surface area contributed by atoms with Crippen molar-refractivity contribution in [2.24, 2.45) is 10.9 Å². The summed E-state index contributed by atoms with van der Waals surface area (Å²) < 4.78 is 0. The molecule has 5 nitrogen and oxygen atoms in total. The zero-order chi connectivity index (χ0) is 16.7. The molecule has 24 heavy (non-hydrogen) atoms. The second-order valence-corrected chi connectivity index (χ2v) is 6.42. The number of guanidine groups is 1. The van der Waals surface area contributed by atoms with Crippen LogP contribution < -0.4 is 15.5 Å². The van der Waals surface area contributed by atoms with Crippen LogP contribution in [0.15, 0.2) is 29.3 Å². The summed E-state index contributed by atoms with van der Waals surface area (Å²) in [7, 11) is 0. The Morgan fingerprint density at radius 2 is 2.08 bits per heavy atom. The summed E-state index contributed by atoms with van der Waals surface area (Å²) in [5, 5.41) is 15.9. The third kappa shape index (κ3) is 6.47. The van der Waals surface area contributed by atoms with E-state index in [2.05, 4.69) is 58.6 Å². The van der Waals surface area contributed by atoms with Crippen molar-refractivity contribution in [2.45, 2.75) is 33.2 Å². The number of benzene rings is 1. The molecule has 136 valence electrons. The van der Waals surface area contributed by atoms with Crippen molar-refractivity contribution in [2.75, 3.05) is 37.7 Å². The second kappa shape index (κ2) is 10.8. The lowest BCUT2D eigenvalue weighted by molar-refractivity contribution is 0.241. The molecule has 0 aromatic heterocycles. The van der Waals surface area contributed by atoms with Crippen molar-refractivity contribution in [1.29, 1.82) is 0 Å². The minimum Gasteiger partial charge on any atom is -0.396 e. The van der Waals surface area contributed by atoms with Gasteiger partial charge in [0, 0.05) is 44.5 Å². The van der Waals surface area contributed by atoms with Gasteiger partial charge in [0.15, 0.2) is 5.96 Å². The molecule has 0 spiro atoms. The van der Waals surface area contributed by atoms with E-state index in [0.29, 0.717) is 12.6 Å². The van der Waals surface area contributed by atoms with Crippen LogP contribution in [0.3, 0.4) is 0 Å². The Balaban J connectivity index is 0.00000288. The van der Waals surface area contributed by atoms with Crippen LogP contribution in [0.2, 0.25) is 0 Å². The summed E-state index contributed by atoms with van der Waals surface area (Å²) >= 11 is 0. The fourth-order valence-electron chi connectivity index (χ4n) is 2.69. The standard InChI is InChI=1S/C18H30N4O.HI/c1-4-19-18(20-11-15(3)13-23)21-16-9-10-22(12-16)17-7-5-14(2)6-8-17;/h5-8,15-16,23H,4,9-13H2,1-3H3,(H2,19,20,21);1H. The van der Waals surface area contributed by atoms with E-state index in [0.717, 1.165) is 32.0 Å². The highest BCUT2D eigenvalue weighted by molar-refractivity contribution is 14.0. The SMILES string of the molecule is CCNC(=NCC(C)CO)NC1CCN(c2ccc(C)cc2)C1.I. The molecule has 1 aliphatic rings. The van der Waals surface area contributed by atoms with Gasteiger partial charge in [-0.05, 0) is 38.3 Å². The number of hydrogen-bond acceptors (Lipinski definition) is 3. The van der Waals surface area contributed by atoms with E-state index in [1.807, 2.05) is 6.92 Å². The Hall–Kier alpha value is -1.02.